The number of rotatable bonds is 14. The van der Waals surface area contributed by atoms with Gasteiger partial charge in [0.05, 0.1) is 18.9 Å². The molecular weight excluding hydrogens is 401 g/mol. The Morgan fingerprint density at radius 2 is 1.61 bits per heavy atom. The lowest BCUT2D eigenvalue weighted by atomic mass is 10.1. The molecule has 0 amide bonds. The molecule has 28 heavy (non-hydrogen) atoms. The van der Waals surface area contributed by atoms with Crippen molar-refractivity contribution in [3.05, 3.63) is 33.8 Å². The Balaban J connectivity index is 2.19. The van der Waals surface area contributed by atoms with Crippen LogP contribution in [-0.4, -0.2) is 38.7 Å². The van der Waals surface area contributed by atoms with Gasteiger partial charge in [0.25, 0.3) is 0 Å². The molecule has 7 heteroatoms. The molecule has 0 unspecified atom stereocenters. The second-order valence-electron chi connectivity index (χ2n) is 6.58. The summed E-state index contributed by atoms with van der Waals surface area (Å²) in [5.74, 6) is 1.69. The average molecular weight is 432 g/mol. The highest BCUT2D eigenvalue weighted by Gasteiger charge is 2.07. The summed E-state index contributed by atoms with van der Waals surface area (Å²) in [6, 6.07) is 3.91. The summed E-state index contributed by atoms with van der Waals surface area (Å²) in [7, 11) is 0. The third-order valence-corrected chi connectivity index (χ3v) is 3.98. The van der Waals surface area contributed by atoms with E-state index in [-0.39, 0.29) is 4.49 Å². The normalized spacial score (nSPS) is 10.4. The van der Waals surface area contributed by atoms with Crippen molar-refractivity contribution in [1.82, 2.24) is 0 Å². The van der Waals surface area contributed by atoms with Crippen LogP contribution in [0.3, 0.4) is 0 Å². The summed E-state index contributed by atoms with van der Waals surface area (Å²) in [4.78, 5) is 5.07. The minimum atomic E-state index is 0.202. The van der Waals surface area contributed by atoms with E-state index in [0.717, 1.165) is 54.2 Å². The fourth-order valence-corrected chi connectivity index (χ4v) is 2.58. The highest BCUT2D eigenvalue weighted by Crippen LogP contribution is 2.28. The van der Waals surface area contributed by atoms with Gasteiger partial charge in [-0.25, -0.2) is 0 Å². The minimum absolute atomic E-state index is 0.202. The van der Waals surface area contributed by atoms with Crippen LogP contribution in [0.2, 0.25) is 0 Å². The Morgan fingerprint density at radius 1 is 0.929 bits per heavy atom. The van der Waals surface area contributed by atoms with Gasteiger partial charge in [0.15, 0.2) is 0 Å². The van der Waals surface area contributed by atoms with Gasteiger partial charge in [-0.05, 0) is 76.3 Å². The number of oxime groups is 1. The summed E-state index contributed by atoms with van der Waals surface area (Å²) in [6.45, 7) is 10.6. The zero-order chi connectivity index (χ0) is 20.8. The highest BCUT2D eigenvalue weighted by atomic mass is 35.5. The quantitative estimate of drug-likeness (QED) is 0.206. The van der Waals surface area contributed by atoms with Crippen molar-refractivity contribution in [2.75, 3.05) is 33.0 Å². The second-order valence-corrected chi connectivity index (χ2v) is 7.59. The molecule has 1 aromatic rings. The van der Waals surface area contributed by atoms with E-state index in [1.165, 1.54) is 0 Å². The number of hydrogen-bond acceptors (Lipinski definition) is 5. The van der Waals surface area contributed by atoms with Crippen LogP contribution in [0.1, 0.15) is 44.2 Å². The Hall–Kier alpha value is -1.43. The van der Waals surface area contributed by atoms with E-state index in [4.69, 9.17) is 42.3 Å². The molecule has 0 radical (unpaired) electrons. The van der Waals surface area contributed by atoms with Crippen LogP contribution in [0, 0.1) is 13.8 Å². The van der Waals surface area contributed by atoms with Crippen LogP contribution in [-0.2, 0) is 9.57 Å². The Morgan fingerprint density at radius 3 is 2.25 bits per heavy atom. The van der Waals surface area contributed by atoms with Crippen LogP contribution in [0.25, 0.3) is 0 Å². The van der Waals surface area contributed by atoms with Gasteiger partial charge in [-0.2, -0.15) is 0 Å². The maximum absolute atomic E-state index is 5.96. The van der Waals surface area contributed by atoms with Crippen molar-refractivity contribution in [2.24, 2.45) is 5.16 Å². The number of benzene rings is 1. The zero-order valence-corrected chi connectivity index (χ0v) is 18.7. The Kier molecular flexibility index (Phi) is 12.8. The molecular formula is C21H31Cl2NO4. The number of ether oxygens (including phenoxy) is 3. The molecule has 158 valence electrons. The molecule has 0 heterocycles. The van der Waals surface area contributed by atoms with E-state index in [0.29, 0.717) is 26.4 Å². The topological polar surface area (TPSA) is 49.3 Å². The summed E-state index contributed by atoms with van der Waals surface area (Å²) in [5, 5.41) is 3.85. The Labute approximate surface area is 178 Å². The number of halogens is 2. The van der Waals surface area contributed by atoms with Gasteiger partial charge < -0.3 is 19.0 Å². The van der Waals surface area contributed by atoms with Crippen molar-refractivity contribution in [2.45, 2.75) is 47.0 Å². The number of unbranched alkanes of at least 4 members (excludes halogenated alkanes) is 2. The van der Waals surface area contributed by atoms with Crippen LogP contribution in [0.4, 0.5) is 0 Å². The van der Waals surface area contributed by atoms with E-state index in [1.807, 2.05) is 39.8 Å². The number of hydrogen-bond donors (Lipinski definition) is 0. The lowest BCUT2D eigenvalue weighted by Crippen LogP contribution is -2.05. The fraction of sp³-hybridized carbons (Fsp3) is 0.571. The molecule has 5 nitrogen and oxygen atoms in total. The zero-order valence-electron chi connectivity index (χ0n) is 17.2. The third kappa shape index (κ3) is 11.4. The van der Waals surface area contributed by atoms with Crippen molar-refractivity contribution in [1.29, 1.82) is 0 Å². The van der Waals surface area contributed by atoms with E-state index >= 15 is 0 Å². The second kappa shape index (κ2) is 14.6. The fourth-order valence-electron chi connectivity index (χ4n) is 2.45. The molecule has 0 saturated heterocycles. The molecule has 0 atom stereocenters. The first-order valence-electron chi connectivity index (χ1n) is 9.49. The molecule has 0 aliphatic carbocycles. The molecule has 0 saturated carbocycles. The minimum Gasteiger partial charge on any atom is -0.493 e. The van der Waals surface area contributed by atoms with E-state index in [9.17, 15) is 0 Å². The predicted molar refractivity (Wildman–Crippen MR) is 116 cm³/mol. The SMILES string of the molecule is CC(C)=NOCCOCCCCCOc1c(C)cc(OCC=C(Cl)Cl)cc1C. The van der Waals surface area contributed by atoms with Gasteiger partial charge in [-0.3, -0.25) is 0 Å². The lowest BCUT2D eigenvalue weighted by molar-refractivity contribution is 0.0488. The first-order chi connectivity index (χ1) is 13.4. The van der Waals surface area contributed by atoms with E-state index in [1.54, 1.807) is 6.08 Å². The van der Waals surface area contributed by atoms with Crippen molar-refractivity contribution >= 4 is 28.9 Å². The van der Waals surface area contributed by atoms with E-state index < -0.39 is 0 Å². The summed E-state index contributed by atoms with van der Waals surface area (Å²) in [6.07, 6.45) is 4.64. The van der Waals surface area contributed by atoms with Crippen molar-refractivity contribution in [3.8, 4) is 11.5 Å². The summed E-state index contributed by atoms with van der Waals surface area (Å²) in [5.41, 5.74) is 2.99. The van der Waals surface area contributed by atoms with Crippen LogP contribution in [0.5, 0.6) is 11.5 Å². The molecule has 0 bridgehead atoms. The smallest absolute Gasteiger partial charge is 0.140 e. The van der Waals surface area contributed by atoms with Crippen LogP contribution < -0.4 is 9.47 Å². The maximum atomic E-state index is 5.96. The van der Waals surface area contributed by atoms with Crippen molar-refractivity contribution in [3.63, 3.8) is 0 Å². The molecule has 1 rings (SSSR count). The third-order valence-electron chi connectivity index (χ3n) is 3.67. The molecule has 0 aromatic heterocycles. The summed E-state index contributed by atoms with van der Waals surface area (Å²) < 4.78 is 17.3. The highest BCUT2D eigenvalue weighted by molar-refractivity contribution is 6.55. The molecule has 0 aliphatic heterocycles. The summed E-state index contributed by atoms with van der Waals surface area (Å²) >= 11 is 11.2. The molecule has 0 fully saturated rings. The molecule has 0 spiro atoms. The van der Waals surface area contributed by atoms with Gasteiger partial charge in [-0.1, -0.05) is 28.4 Å². The maximum Gasteiger partial charge on any atom is 0.140 e. The standard InChI is InChI=1S/C21H31Cl2NO4/c1-16(2)24-28-13-12-25-9-6-5-7-10-27-21-17(3)14-19(15-18(21)4)26-11-8-20(22)23/h8,14-15H,5-7,9-13H2,1-4H3. The monoisotopic (exact) mass is 431 g/mol. The number of nitrogens with zero attached hydrogens (tertiary/aromatic N) is 1. The van der Waals surface area contributed by atoms with Gasteiger partial charge in [-0.15, -0.1) is 0 Å². The average Bonchev–Trinajstić information content (AvgIpc) is 2.61. The van der Waals surface area contributed by atoms with E-state index in [2.05, 4.69) is 5.16 Å². The largest absolute Gasteiger partial charge is 0.493 e. The predicted octanol–water partition coefficient (Wildman–Crippen LogP) is 5.98. The first-order valence-corrected chi connectivity index (χ1v) is 10.2. The van der Waals surface area contributed by atoms with Crippen molar-refractivity contribution < 1.29 is 19.0 Å². The van der Waals surface area contributed by atoms with Gasteiger partial charge in [0, 0.05) is 6.61 Å². The molecule has 0 aliphatic rings. The number of aryl methyl sites for hydroxylation is 2. The lowest BCUT2D eigenvalue weighted by Gasteiger charge is -2.14. The molecule has 0 N–H and O–H groups in total. The van der Waals surface area contributed by atoms with Crippen LogP contribution >= 0.6 is 23.2 Å². The van der Waals surface area contributed by atoms with Gasteiger partial charge in [0.2, 0.25) is 0 Å². The van der Waals surface area contributed by atoms with Gasteiger partial charge in [0.1, 0.15) is 29.2 Å². The Bertz CT molecular complexity index is 616. The van der Waals surface area contributed by atoms with Crippen LogP contribution in [0.15, 0.2) is 27.9 Å². The first kappa shape index (κ1) is 24.6. The molecule has 1 aromatic carbocycles. The van der Waals surface area contributed by atoms with Gasteiger partial charge >= 0.3 is 0 Å².